The monoisotopic (exact) mass is 243 g/mol. The Morgan fingerprint density at radius 1 is 1.35 bits per heavy atom. The SMILES string of the molecule is CCNCc1ccc(C=O)c2c1OC(F)(F)O2. The van der Waals surface area contributed by atoms with Gasteiger partial charge in [0, 0.05) is 12.1 Å². The molecule has 1 heterocycles. The number of hydrogen-bond donors (Lipinski definition) is 1. The van der Waals surface area contributed by atoms with Gasteiger partial charge in [-0.1, -0.05) is 13.0 Å². The van der Waals surface area contributed by atoms with Gasteiger partial charge >= 0.3 is 6.29 Å². The first-order chi connectivity index (χ1) is 8.07. The van der Waals surface area contributed by atoms with Gasteiger partial charge in [0.15, 0.2) is 17.8 Å². The predicted octanol–water partition coefficient (Wildman–Crippen LogP) is 1.93. The van der Waals surface area contributed by atoms with E-state index in [2.05, 4.69) is 14.8 Å². The van der Waals surface area contributed by atoms with E-state index in [4.69, 9.17) is 0 Å². The fourth-order valence-electron chi connectivity index (χ4n) is 1.59. The van der Waals surface area contributed by atoms with Crippen molar-refractivity contribution < 1.29 is 23.0 Å². The molecule has 0 atom stereocenters. The summed E-state index contributed by atoms with van der Waals surface area (Å²) in [6.45, 7) is 2.96. The number of halogens is 2. The standard InChI is InChI=1S/C11H11F2NO3/c1-2-14-5-7-3-4-8(6-15)10-9(7)16-11(12,13)17-10/h3-4,6,14H,2,5H2,1H3. The van der Waals surface area contributed by atoms with Gasteiger partial charge in [0.2, 0.25) is 0 Å². The highest BCUT2D eigenvalue weighted by Gasteiger charge is 2.45. The van der Waals surface area contributed by atoms with Crippen LogP contribution >= 0.6 is 0 Å². The van der Waals surface area contributed by atoms with Crippen LogP contribution in [0.2, 0.25) is 0 Å². The molecule has 0 bridgehead atoms. The molecule has 1 aliphatic heterocycles. The normalized spacial score (nSPS) is 15.9. The summed E-state index contributed by atoms with van der Waals surface area (Å²) in [6.07, 6.45) is -3.25. The number of nitrogens with one attached hydrogen (secondary N) is 1. The Morgan fingerprint density at radius 2 is 2.06 bits per heavy atom. The average Bonchev–Trinajstić information content (AvgIpc) is 2.61. The average molecular weight is 243 g/mol. The molecule has 0 saturated carbocycles. The van der Waals surface area contributed by atoms with Gasteiger partial charge in [-0.2, -0.15) is 0 Å². The maximum Gasteiger partial charge on any atom is 0.586 e. The van der Waals surface area contributed by atoms with Crippen LogP contribution in [0.4, 0.5) is 8.78 Å². The minimum Gasteiger partial charge on any atom is -0.395 e. The molecule has 0 radical (unpaired) electrons. The Kier molecular flexibility index (Phi) is 2.97. The van der Waals surface area contributed by atoms with Gasteiger partial charge in [0.25, 0.3) is 0 Å². The van der Waals surface area contributed by atoms with Crippen molar-refractivity contribution in [1.82, 2.24) is 5.32 Å². The molecular formula is C11H11F2NO3. The van der Waals surface area contributed by atoms with Gasteiger partial charge in [0.05, 0.1) is 5.56 Å². The number of carbonyl (C=O) groups excluding carboxylic acids is 1. The van der Waals surface area contributed by atoms with Crippen LogP contribution in [-0.2, 0) is 6.54 Å². The lowest BCUT2D eigenvalue weighted by molar-refractivity contribution is -0.287. The highest BCUT2D eigenvalue weighted by atomic mass is 19.3. The lowest BCUT2D eigenvalue weighted by atomic mass is 10.1. The van der Waals surface area contributed by atoms with Gasteiger partial charge in [-0.15, -0.1) is 8.78 Å². The summed E-state index contributed by atoms with van der Waals surface area (Å²) < 4.78 is 34.7. The minimum atomic E-state index is -3.71. The second-order valence-corrected chi connectivity index (χ2v) is 3.54. The maximum atomic E-state index is 13.0. The van der Waals surface area contributed by atoms with Crippen LogP contribution < -0.4 is 14.8 Å². The fraction of sp³-hybridized carbons (Fsp3) is 0.364. The zero-order valence-electron chi connectivity index (χ0n) is 9.13. The summed E-state index contributed by atoms with van der Waals surface area (Å²) in [4.78, 5) is 10.7. The van der Waals surface area contributed by atoms with Gasteiger partial charge < -0.3 is 14.8 Å². The molecule has 1 aliphatic rings. The number of ether oxygens (including phenoxy) is 2. The molecule has 0 fully saturated rings. The van der Waals surface area contributed by atoms with Gasteiger partial charge in [-0.05, 0) is 12.6 Å². The zero-order valence-corrected chi connectivity index (χ0v) is 9.13. The van der Waals surface area contributed by atoms with Crippen LogP contribution in [0, 0.1) is 0 Å². The maximum absolute atomic E-state index is 13.0. The van der Waals surface area contributed by atoms with Crippen molar-refractivity contribution in [3.8, 4) is 11.5 Å². The molecule has 0 aliphatic carbocycles. The number of rotatable bonds is 4. The Labute approximate surface area is 96.5 Å². The molecule has 6 heteroatoms. The van der Waals surface area contributed by atoms with Crippen molar-refractivity contribution in [2.75, 3.05) is 6.54 Å². The van der Waals surface area contributed by atoms with E-state index in [0.717, 1.165) is 0 Å². The molecular weight excluding hydrogens is 232 g/mol. The number of aldehydes is 1. The Balaban J connectivity index is 2.40. The molecule has 0 aromatic heterocycles. The highest BCUT2D eigenvalue weighted by molar-refractivity contribution is 5.82. The Hall–Kier alpha value is -1.69. The van der Waals surface area contributed by atoms with Crippen LogP contribution in [0.1, 0.15) is 22.8 Å². The van der Waals surface area contributed by atoms with Gasteiger partial charge in [-0.25, -0.2) is 0 Å². The molecule has 4 nitrogen and oxygen atoms in total. The summed E-state index contributed by atoms with van der Waals surface area (Å²) in [5.41, 5.74) is 0.585. The number of hydrogen-bond acceptors (Lipinski definition) is 4. The van der Waals surface area contributed by atoms with E-state index in [-0.39, 0.29) is 17.1 Å². The quantitative estimate of drug-likeness (QED) is 0.821. The third-order valence-corrected chi connectivity index (χ3v) is 2.36. The van der Waals surface area contributed by atoms with Crippen molar-refractivity contribution in [2.24, 2.45) is 0 Å². The largest absolute Gasteiger partial charge is 0.586 e. The first kappa shape index (κ1) is 11.8. The predicted molar refractivity (Wildman–Crippen MR) is 55.4 cm³/mol. The number of carbonyl (C=O) groups is 1. The molecule has 0 saturated heterocycles. The van der Waals surface area contributed by atoms with Crippen molar-refractivity contribution in [2.45, 2.75) is 19.8 Å². The smallest absolute Gasteiger partial charge is 0.395 e. The highest BCUT2D eigenvalue weighted by Crippen LogP contribution is 2.45. The van der Waals surface area contributed by atoms with E-state index < -0.39 is 6.29 Å². The fourth-order valence-corrected chi connectivity index (χ4v) is 1.59. The molecule has 1 aromatic rings. The van der Waals surface area contributed by atoms with E-state index in [9.17, 15) is 13.6 Å². The van der Waals surface area contributed by atoms with E-state index in [0.29, 0.717) is 24.9 Å². The summed E-state index contributed by atoms with van der Waals surface area (Å²) >= 11 is 0. The molecule has 92 valence electrons. The van der Waals surface area contributed by atoms with Crippen LogP contribution in [0.25, 0.3) is 0 Å². The van der Waals surface area contributed by atoms with E-state index in [1.54, 1.807) is 6.07 Å². The second kappa shape index (κ2) is 4.29. The third-order valence-electron chi connectivity index (χ3n) is 2.36. The summed E-state index contributed by atoms with van der Waals surface area (Å²) in [7, 11) is 0. The first-order valence-electron chi connectivity index (χ1n) is 5.15. The lowest BCUT2D eigenvalue weighted by Gasteiger charge is -2.07. The Bertz CT molecular complexity index is 449. The van der Waals surface area contributed by atoms with Gasteiger partial charge in [0.1, 0.15) is 0 Å². The van der Waals surface area contributed by atoms with E-state index in [1.807, 2.05) is 6.92 Å². The van der Waals surface area contributed by atoms with Crippen LogP contribution in [-0.4, -0.2) is 19.1 Å². The Morgan fingerprint density at radius 3 is 2.71 bits per heavy atom. The molecule has 0 spiro atoms. The van der Waals surface area contributed by atoms with Gasteiger partial charge in [-0.3, -0.25) is 4.79 Å². The molecule has 0 unspecified atom stereocenters. The zero-order chi connectivity index (χ0) is 12.5. The molecule has 17 heavy (non-hydrogen) atoms. The van der Waals surface area contributed by atoms with E-state index >= 15 is 0 Å². The minimum absolute atomic E-state index is 0.0532. The lowest BCUT2D eigenvalue weighted by Crippen LogP contribution is -2.26. The van der Waals surface area contributed by atoms with Crippen molar-refractivity contribution in [1.29, 1.82) is 0 Å². The van der Waals surface area contributed by atoms with Crippen LogP contribution in [0.3, 0.4) is 0 Å². The molecule has 1 aromatic carbocycles. The van der Waals surface area contributed by atoms with Crippen molar-refractivity contribution in [3.05, 3.63) is 23.3 Å². The molecule has 0 amide bonds. The summed E-state index contributed by atoms with van der Waals surface area (Å²) in [5.74, 6) is -0.263. The van der Waals surface area contributed by atoms with E-state index in [1.165, 1.54) is 6.07 Å². The van der Waals surface area contributed by atoms with Crippen molar-refractivity contribution in [3.63, 3.8) is 0 Å². The number of fused-ring (bicyclic) bond motifs is 1. The summed E-state index contributed by atoms with van der Waals surface area (Å²) in [6, 6.07) is 3.00. The molecule has 1 N–H and O–H groups in total. The summed E-state index contributed by atoms with van der Waals surface area (Å²) in [5, 5.41) is 2.99. The first-order valence-corrected chi connectivity index (χ1v) is 5.15. The third kappa shape index (κ3) is 2.21. The van der Waals surface area contributed by atoms with Crippen LogP contribution in [0.15, 0.2) is 12.1 Å². The van der Waals surface area contributed by atoms with Crippen LogP contribution in [0.5, 0.6) is 11.5 Å². The number of alkyl halides is 2. The van der Waals surface area contributed by atoms with Crippen molar-refractivity contribution >= 4 is 6.29 Å². The number of benzene rings is 1. The molecule has 2 rings (SSSR count). The topological polar surface area (TPSA) is 47.6 Å². The second-order valence-electron chi connectivity index (χ2n) is 3.54.